The van der Waals surface area contributed by atoms with Crippen LogP contribution in [0.15, 0.2) is 30.5 Å². The molecule has 3 rings (SSSR count). The molecule has 0 amide bonds. The number of benzene rings is 1. The van der Waals surface area contributed by atoms with Crippen molar-refractivity contribution in [2.45, 2.75) is 40.0 Å². The van der Waals surface area contributed by atoms with E-state index in [0.29, 0.717) is 0 Å². The predicted molar refractivity (Wildman–Crippen MR) is 86.4 cm³/mol. The van der Waals surface area contributed by atoms with E-state index in [1.54, 1.807) is 0 Å². The van der Waals surface area contributed by atoms with Gasteiger partial charge in [-0.15, -0.1) is 0 Å². The number of aryl methyl sites for hydroxylation is 1. The van der Waals surface area contributed by atoms with E-state index in [-0.39, 0.29) is 0 Å². The highest BCUT2D eigenvalue weighted by molar-refractivity contribution is 7.95. The molecule has 0 aliphatic carbocycles. The molecule has 1 aromatic carbocycles. The van der Waals surface area contributed by atoms with E-state index in [2.05, 4.69) is 45.7 Å². The van der Waals surface area contributed by atoms with Crippen molar-refractivity contribution in [1.29, 1.82) is 0 Å². The van der Waals surface area contributed by atoms with E-state index < -0.39 is 0 Å². The Balaban J connectivity index is 0.000000637. The number of hydrogen-bond donors (Lipinski definition) is 0. The lowest BCUT2D eigenvalue weighted by molar-refractivity contribution is 0.379. The molecule has 0 bridgehead atoms. The second kappa shape index (κ2) is 7.01. The Labute approximate surface area is 121 Å². The maximum Gasteiger partial charge on any atom is 0.0606 e. The number of nitrogens with zero attached hydrogens (tertiary/aromatic N) is 2. The van der Waals surface area contributed by atoms with Gasteiger partial charge < -0.3 is 0 Å². The van der Waals surface area contributed by atoms with Crippen molar-refractivity contribution in [3.05, 3.63) is 36.0 Å². The van der Waals surface area contributed by atoms with Gasteiger partial charge in [-0.1, -0.05) is 38.5 Å². The normalized spacial score (nSPS) is 16.2. The zero-order chi connectivity index (χ0) is 13.7. The molecule has 2 aromatic rings. The van der Waals surface area contributed by atoms with Crippen molar-refractivity contribution in [3.63, 3.8) is 0 Å². The van der Waals surface area contributed by atoms with Crippen molar-refractivity contribution in [2.75, 3.05) is 13.1 Å². The second-order valence-corrected chi connectivity index (χ2v) is 5.80. The number of piperidine rings is 1. The van der Waals surface area contributed by atoms with Gasteiger partial charge in [0.2, 0.25) is 0 Å². The molecule has 1 aliphatic heterocycles. The Morgan fingerprint density at radius 1 is 1.00 bits per heavy atom. The molecule has 3 heteroatoms. The maximum absolute atomic E-state index is 2.48. The molecule has 0 N–H and O–H groups in total. The number of aromatic nitrogens is 1. The summed E-state index contributed by atoms with van der Waals surface area (Å²) in [5, 5.41) is 1.37. The molecular formula is C16H24N2S. The van der Waals surface area contributed by atoms with E-state index in [1.165, 1.54) is 48.8 Å². The first-order chi connectivity index (χ1) is 9.34. The summed E-state index contributed by atoms with van der Waals surface area (Å²) in [7, 11) is 0. The second-order valence-electron chi connectivity index (χ2n) is 4.73. The first-order valence-electron chi connectivity index (χ1n) is 7.35. The van der Waals surface area contributed by atoms with Gasteiger partial charge in [0.05, 0.1) is 5.52 Å². The lowest BCUT2D eigenvalue weighted by atomic mass is 10.2. The highest BCUT2D eigenvalue weighted by Crippen LogP contribution is 2.27. The van der Waals surface area contributed by atoms with Crippen molar-refractivity contribution < 1.29 is 0 Å². The zero-order valence-electron chi connectivity index (χ0n) is 12.2. The number of para-hydroxylation sites is 1. The first-order valence-corrected chi connectivity index (χ1v) is 8.08. The Morgan fingerprint density at radius 3 is 2.42 bits per heavy atom. The molecule has 0 atom stereocenters. The number of rotatable bonds is 2. The molecule has 19 heavy (non-hydrogen) atoms. The van der Waals surface area contributed by atoms with Crippen LogP contribution in [0, 0.1) is 6.92 Å². The summed E-state index contributed by atoms with van der Waals surface area (Å²) < 4.78 is 4.80. The lowest BCUT2D eigenvalue weighted by Gasteiger charge is -2.25. The molecule has 1 saturated heterocycles. The van der Waals surface area contributed by atoms with Crippen LogP contribution in [-0.4, -0.2) is 21.4 Å². The summed E-state index contributed by atoms with van der Waals surface area (Å²) in [6, 6.07) is 8.65. The van der Waals surface area contributed by atoms with Crippen molar-refractivity contribution in [3.8, 4) is 0 Å². The quantitative estimate of drug-likeness (QED) is 0.723. The first kappa shape index (κ1) is 14.5. The number of fused-ring (bicyclic) bond motifs is 1. The molecule has 0 unspecified atom stereocenters. The van der Waals surface area contributed by atoms with Gasteiger partial charge in [-0.05, 0) is 31.4 Å². The summed E-state index contributed by atoms with van der Waals surface area (Å²) in [6.45, 7) is 8.63. The van der Waals surface area contributed by atoms with Crippen LogP contribution in [0.2, 0.25) is 0 Å². The summed E-state index contributed by atoms with van der Waals surface area (Å²) in [4.78, 5) is 0. The maximum atomic E-state index is 2.48. The summed E-state index contributed by atoms with van der Waals surface area (Å²) in [5.74, 6) is 0. The SMILES string of the molecule is CC.Cc1cn(SN2CCCCC2)c2ccccc12. The third-order valence-corrected chi connectivity index (χ3v) is 4.47. The van der Waals surface area contributed by atoms with E-state index in [4.69, 9.17) is 0 Å². The molecule has 1 aromatic heterocycles. The van der Waals surface area contributed by atoms with Gasteiger partial charge in [-0.2, -0.15) is 0 Å². The molecule has 1 fully saturated rings. The summed E-state index contributed by atoms with van der Waals surface area (Å²) >= 11 is 1.86. The Kier molecular flexibility index (Phi) is 5.34. The smallest absolute Gasteiger partial charge is 0.0606 e. The molecule has 2 nitrogen and oxygen atoms in total. The molecule has 0 spiro atoms. The summed E-state index contributed by atoms with van der Waals surface area (Å²) in [6.07, 6.45) is 6.32. The molecule has 104 valence electrons. The fraction of sp³-hybridized carbons (Fsp3) is 0.500. The van der Waals surface area contributed by atoms with Gasteiger partial charge in [0.15, 0.2) is 0 Å². The standard InChI is InChI=1S/C14H18N2S.C2H6/c1-12-11-16(14-8-4-3-7-13(12)14)17-15-9-5-2-6-10-15;1-2/h3-4,7-8,11H,2,5-6,9-10H2,1H3;1-2H3. The van der Waals surface area contributed by atoms with Crippen molar-refractivity contribution >= 4 is 23.0 Å². The van der Waals surface area contributed by atoms with Gasteiger partial charge in [0.1, 0.15) is 0 Å². The van der Waals surface area contributed by atoms with Crippen LogP contribution in [0.1, 0.15) is 38.7 Å². The Morgan fingerprint density at radius 2 is 1.68 bits per heavy atom. The lowest BCUT2D eigenvalue weighted by Crippen LogP contribution is -2.24. The van der Waals surface area contributed by atoms with Gasteiger partial charge >= 0.3 is 0 Å². The fourth-order valence-electron chi connectivity index (χ4n) is 2.45. The molecule has 1 aliphatic rings. The van der Waals surface area contributed by atoms with Gasteiger partial charge in [-0.25, -0.2) is 4.31 Å². The average Bonchev–Trinajstić information content (AvgIpc) is 2.79. The highest BCUT2D eigenvalue weighted by atomic mass is 32.2. The minimum absolute atomic E-state index is 1.22. The molecule has 0 radical (unpaired) electrons. The number of hydrogen-bond acceptors (Lipinski definition) is 2. The fourth-order valence-corrected chi connectivity index (χ4v) is 3.58. The van der Waals surface area contributed by atoms with Crippen LogP contribution in [-0.2, 0) is 0 Å². The van der Waals surface area contributed by atoms with E-state index in [0.717, 1.165) is 0 Å². The van der Waals surface area contributed by atoms with E-state index >= 15 is 0 Å². The van der Waals surface area contributed by atoms with E-state index in [1.807, 2.05) is 26.0 Å². The van der Waals surface area contributed by atoms with Gasteiger partial charge in [0, 0.05) is 36.8 Å². The van der Waals surface area contributed by atoms with Crippen LogP contribution in [0.5, 0.6) is 0 Å². The van der Waals surface area contributed by atoms with Crippen LogP contribution < -0.4 is 0 Å². The third kappa shape index (κ3) is 3.34. The van der Waals surface area contributed by atoms with Gasteiger partial charge in [-0.3, -0.25) is 3.97 Å². The minimum Gasteiger partial charge on any atom is -0.278 e. The van der Waals surface area contributed by atoms with Crippen molar-refractivity contribution in [1.82, 2.24) is 8.28 Å². The van der Waals surface area contributed by atoms with E-state index in [9.17, 15) is 0 Å². The topological polar surface area (TPSA) is 8.17 Å². The van der Waals surface area contributed by atoms with Crippen LogP contribution in [0.4, 0.5) is 0 Å². The monoisotopic (exact) mass is 276 g/mol. The molecular weight excluding hydrogens is 252 g/mol. The molecule has 2 heterocycles. The average molecular weight is 276 g/mol. The van der Waals surface area contributed by atoms with Gasteiger partial charge in [0.25, 0.3) is 0 Å². The largest absolute Gasteiger partial charge is 0.278 e. The Hall–Kier alpha value is -0.930. The zero-order valence-corrected chi connectivity index (χ0v) is 13.0. The van der Waals surface area contributed by atoms with Crippen molar-refractivity contribution in [2.24, 2.45) is 0 Å². The Bertz CT molecular complexity index is 512. The predicted octanol–water partition coefficient (Wildman–Crippen LogP) is 4.87. The van der Waals surface area contributed by atoms with Crippen LogP contribution >= 0.6 is 12.1 Å². The summed E-state index contributed by atoms with van der Waals surface area (Å²) in [5.41, 5.74) is 2.70. The molecule has 0 saturated carbocycles. The van der Waals surface area contributed by atoms with Crippen LogP contribution in [0.3, 0.4) is 0 Å². The van der Waals surface area contributed by atoms with Crippen LogP contribution in [0.25, 0.3) is 10.9 Å². The third-order valence-electron chi connectivity index (χ3n) is 3.40. The highest BCUT2D eigenvalue weighted by Gasteiger charge is 2.13. The minimum atomic E-state index is 1.22.